The van der Waals surface area contributed by atoms with Crippen LogP contribution in [0, 0.1) is 0 Å². The zero-order chi connectivity index (χ0) is 27.5. The van der Waals surface area contributed by atoms with Gasteiger partial charge in [0.25, 0.3) is 0 Å². The average Bonchev–Trinajstić information content (AvgIpc) is 3.13. The Labute approximate surface area is 241 Å². The van der Waals surface area contributed by atoms with E-state index in [2.05, 4.69) is 145 Å². The number of hydrogen-bond donors (Lipinski definition) is 1. The lowest BCUT2D eigenvalue weighted by Gasteiger charge is -2.43. The second kappa shape index (κ2) is 11.1. The summed E-state index contributed by atoms with van der Waals surface area (Å²) in [7, 11) is -0.678. The van der Waals surface area contributed by atoms with Gasteiger partial charge in [0.2, 0.25) is 0 Å². The van der Waals surface area contributed by atoms with E-state index in [1.54, 1.807) is 0 Å². The minimum absolute atomic E-state index is 0.242. The molecule has 6 aromatic rings. The minimum atomic E-state index is -0.928. The number of rotatable bonds is 4. The Balaban J connectivity index is 1.53. The molecular weight excluding hydrogens is 501 g/mol. The van der Waals surface area contributed by atoms with Crippen molar-refractivity contribution >= 4 is 23.4 Å². The van der Waals surface area contributed by atoms with Crippen molar-refractivity contribution in [1.29, 1.82) is 0 Å². The third kappa shape index (κ3) is 4.72. The summed E-state index contributed by atoms with van der Waals surface area (Å²) in [6, 6.07) is 54.4. The van der Waals surface area contributed by atoms with E-state index in [1.807, 2.05) is 18.2 Å². The van der Waals surface area contributed by atoms with Crippen LogP contribution in [0.4, 0.5) is 0 Å². The van der Waals surface area contributed by atoms with Gasteiger partial charge in [-0.2, -0.15) is 0 Å². The molecule has 4 heteroatoms. The topological polar surface area (TPSA) is 30.5 Å². The fourth-order valence-electron chi connectivity index (χ4n) is 6.08. The van der Waals surface area contributed by atoms with Crippen molar-refractivity contribution < 1.29 is 9.31 Å². The van der Waals surface area contributed by atoms with Crippen LogP contribution in [0.15, 0.2) is 158 Å². The highest BCUT2D eigenvalue weighted by atomic mass is 16.6. The highest BCUT2D eigenvalue weighted by Crippen LogP contribution is 2.46. The fourth-order valence-corrected chi connectivity index (χ4v) is 6.08. The van der Waals surface area contributed by atoms with Crippen molar-refractivity contribution in [2.75, 3.05) is 0 Å². The van der Waals surface area contributed by atoms with Crippen LogP contribution in [0.5, 0.6) is 5.75 Å². The summed E-state index contributed by atoms with van der Waals surface area (Å²) < 4.78 is 14.4. The maximum Gasteiger partial charge on any atom is 0.563 e. The molecule has 1 N–H and O–H groups in total. The Morgan fingerprint density at radius 3 is 1.80 bits per heavy atom. The van der Waals surface area contributed by atoms with Crippen molar-refractivity contribution in [2.24, 2.45) is 0 Å². The van der Waals surface area contributed by atoms with Gasteiger partial charge in [-0.1, -0.05) is 152 Å². The largest absolute Gasteiger partial charge is 0.563 e. The number of hydrogen-bond acceptors (Lipinski definition) is 3. The Morgan fingerprint density at radius 1 is 0.585 bits per heavy atom. The second-order valence-electron chi connectivity index (χ2n) is 10.4. The highest BCUT2D eigenvalue weighted by Gasteiger charge is 2.49. The highest BCUT2D eigenvalue weighted by molar-refractivity contribution is 6.62. The molecule has 1 heterocycles. The standard InChI is InChI=1S/C37H30BNO2/c1-5-16-29(17-6-1)36-37(30-18-7-2-8-19-30,31-20-9-3-10-21-31)41-38(32-22-11-4-12-23-32)40-35-26-25-28-15-13-14-24-33(28)34(35)27-39-36/h1-26,36,39H,27H2/t36-/m1/s1. The monoisotopic (exact) mass is 531 g/mol. The van der Waals surface area contributed by atoms with Crippen LogP contribution in [-0.2, 0) is 16.8 Å². The molecule has 1 atom stereocenters. The molecule has 1 aliphatic rings. The molecule has 7 rings (SSSR count). The molecule has 0 unspecified atom stereocenters. The van der Waals surface area contributed by atoms with E-state index < -0.39 is 12.7 Å². The zero-order valence-electron chi connectivity index (χ0n) is 22.7. The number of nitrogens with one attached hydrogen (secondary N) is 1. The Hall–Kier alpha value is -4.64. The first-order valence-electron chi connectivity index (χ1n) is 14.1. The first-order chi connectivity index (χ1) is 20.3. The normalized spacial score (nSPS) is 16.6. The lowest BCUT2D eigenvalue weighted by atomic mass is 9.71. The van der Waals surface area contributed by atoms with Gasteiger partial charge in [0, 0.05) is 12.1 Å². The SMILES string of the molecule is c1ccc(B2Oc3ccc4ccccc4c3CN[C@H](c3ccccc3)C(c3ccccc3)(c3ccccc3)O2)cc1. The average molecular weight is 531 g/mol. The van der Waals surface area contributed by atoms with Gasteiger partial charge in [0.1, 0.15) is 11.4 Å². The van der Waals surface area contributed by atoms with Gasteiger partial charge >= 0.3 is 7.12 Å². The molecule has 3 nitrogen and oxygen atoms in total. The molecule has 198 valence electrons. The molecule has 0 aromatic heterocycles. The molecule has 1 aliphatic heterocycles. The van der Waals surface area contributed by atoms with Crippen molar-refractivity contribution in [1.82, 2.24) is 5.32 Å². The van der Waals surface area contributed by atoms with Crippen molar-refractivity contribution in [3.8, 4) is 5.75 Å². The van der Waals surface area contributed by atoms with Crippen molar-refractivity contribution in [3.63, 3.8) is 0 Å². The van der Waals surface area contributed by atoms with Crippen molar-refractivity contribution in [2.45, 2.75) is 18.2 Å². The lowest BCUT2D eigenvalue weighted by Crippen LogP contribution is -2.52. The lowest BCUT2D eigenvalue weighted by molar-refractivity contribution is 0.0496. The first-order valence-corrected chi connectivity index (χ1v) is 14.1. The van der Waals surface area contributed by atoms with E-state index in [9.17, 15) is 0 Å². The van der Waals surface area contributed by atoms with Gasteiger partial charge in [-0.25, -0.2) is 0 Å². The van der Waals surface area contributed by atoms with Gasteiger partial charge in [-0.05, 0) is 39.0 Å². The Bertz CT molecular complexity index is 1700. The molecular formula is C37H30BNO2. The quantitative estimate of drug-likeness (QED) is 0.240. The van der Waals surface area contributed by atoms with E-state index in [0.29, 0.717) is 6.54 Å². The predicted octanol–water partition coefficient (Wildman–Crippen LogP) is 7.42. The summed E-state index contributed by atoms with van der Waals surface area (Å²) in [5.74, 6) is 0.814. The molecule has 0 fully saturated rings. The van der Waals surface area contributed by atoms with Gasteiger partial charge in [0.05, 0.1) is 6.04 Å². The third-order valence-electron chi connectivity index (χ3n) is 8.02. The van der Waals surface area contributed by atoms with E-state index in [4.69, 9.17) is 9.31 Å². The van der Waals surface area contributed by atoms with Gasteiger partial charge in [-0.3, -0.25) is 0 Å². The molecule has 0 spiro atoms. The predicted molar refractivity (Wildman–Crippen MR) is 167 cm³/mol. The van der Waals surface area contributed by atoms with Gasteiger partial charge < -0.3 is 14.6 Å². The summed E-state index contributed by atoms with van der Waals surface area (Å²) >= 11 is 0. The van der Waals surface area contributed by atoms with Crippen LogP contribution in [0.25, 0.3) is 10.8 Å². The molecule has 0 radical (unpaired) electrons. The van der Waals surface area contributed by atoms with Crippen LogP contribution in [0.3, 0.4) is 0 Å². The molecule has 6 aromatic carbocycles. The number of fused-ring (bicyclic) bond motifs is 3. The summed E-state index contributed by atoms with van der Waals surface area (Å²) in [6.07, 6.45) is 0. The molecule has 0 aliphatic carbocycles. The molecule has 41 heavy (non-hydrogen) atoms. The summed E-state index contributed by atoms with van der Waals surface area (Å²) in [6.45, 7) is 0.600. The Kier molecular flexibility index (Phi) is 6.85. The number of benzene rings is 6. The van der Waals surface area contributed by atoms with Gasteiger partial charge in [-0.15, -0.1) is 0 Å². The molecule has 0 bridgehead atoms. The van der Waals surface area contributed by atoms with Crippen LogP contribution < -0.4 is 15.4 Å². The van der Waals surface area contributed by atoms with E-state index in [0.717, 1.165) is 33.5 Å². The summed E-state index contributed by atoms with van der Waals surface area (Å²) in [5.41, 5.74) is 4.38. The van der Waals surface area contributed by atoms with Crippen LogP contribution in [0.1, 0.15) is 28.3 Å². The van der Waals surface area contributed by atoms with E-state index in [-0.39, 0.29) is 6.04 Å². The van der Waals surface area contributed by atoms with E-state index >= 15 is 0 Å². The third-order valence-corrected chi connectivity index (χ3v) is 8.02. The molecule has 0 saturated heterocycles. The van der Waals surface area contributed by atoms with Crippen LogP contribution in [0.2, 0.25) is 0 Å². The fraction of sp³-hybridized carbons (Fsp3) is 0.0811. The van der Waals surface area contributed by atoms with Crippen LogP contribution in [-0.4, -0.2) is 7.12 Å². The smallest absolute Gasteiger partial charge is 0.532 e. The molecule has 0 saturated carbocycles. The Morgan fingerprint density at radius 2 is 1.15 bits per heavy atom. The van der Waals surface area contributed by atoms with Crippen LogP contribution >= 0.6 is 0 Å². The zero-order valence-corrected chi connectivity index (χ0v) is 22.7. The summed E-state index contributed by atoms with van der Waals surface area (Å²) in [5, 5.41) is 6.33. The van der Waals surface area contributed by atoms with E-state index in [1.165, 1.54) is 10.8 Å². The molecule has 0 amide bonds. The van der Waals surface area contributed by atoms with Gasteiger partial charge in [0.15, 0.2) is 0 Å². The maximum atomic E-state index is 7.47. The second-order valence-corrected chi connectivity index (χ2v) is 10.4. The first kappa shape index (κ1) is 25.3. The minimum Gasteiger partial charge on any atom is -0.532 e. The summed E-state index contributed by atoms with van der Waals surface area (Å²) in [4.78, 5) is 0. The maximum absolute atomic E-state index is 7.47. The van der Waals surface area contributed by atoms with Crippen molar-refractivity contribution in [3.05, 3.63) is 180 Å².